The third-order valence-electron chi connectivity index (χ3n) is 1.99. The summed E-state index contributed by atoms with van der Waals surface area (Å²) in [4.78, 5) is 20.8. The lowest BCUT2D eigenvalue weighted by Crippen LogP contribution is -2.07. The SMILES string of the molecule is O=c1cc(OF)nc(SCc2ccccc2)[nH]1. The maximum atomic E-state index is 11.9. The molecule has 1 N–H and O–H groups in total. The van der Waals surface area contributed by atoms with Crippen molar-refractivity contribution >= 4 is 11.8 Å². The molecule has 6 heteroatoms. The first kappa shape index (κ1) is 11.7. The summed E-state index contributed by atoms with van der Waals surface area (Å²) in [6, 6.07) is 10.6. The van der Waals surface area contributed by atoms with Gasteiger partial charge in [-0.1, -0.05) is 42.1 Å². The van der Waals surface area contributed by atoms with E-state index >= 15 is 0 Å². The van der Waals surface area contributed by atoms with Gasteiger partial charge in [-0.3, -0.25) is 9.74 Å². The van der Waals surface area contributed by atoms with Crippen molar-refractivity contribution in [3.63, 3.8) is 0 Å². The molecule has 4 nitrogen and oxygen atoms in total. The minimum absolute atomic E-state index is 0.328. The lowest BCUT2D eigenvalue weighted by atomic mass is 10.2. The minimum Gasteiger partial charge on any atom is -0.301 e. The van der Waals surface area contributed by atoms with Gasteiger partial charge in [-0.05, 0) is 5.56 Å². The van der Waals surface area contributed by atoms with Crippen LogP contribution in [0.4, 0.5) is 4.53 Å². The van der Waals surface area contributed by atoms with Crippen LogP contribution in [-0.4, -0.2) is 9.97 Å². The number of thioether (sulfide) groups is 1. The maximum absolute atomic E-state index is 11.9. The molecule has 0 spiro atoms. The topological polar surface area (TPSA) is 55.0 Å². The van der Waals surface area contributed by atoms with Crippen LogP contribution in [-0.2, 0) is 5.75 Å². The zero-order valence-electron chi connectivity index (χ0n) is 8.72. The van der Waals surface area contributed by atoms with E-state index in [9.17, 15) is 9.32 Å². The number of aromatic nitrogens is 2. The van der Waals surface area contributed by atoms with E-state index in [2.05, 4.69) is 14.9 Å². The molecule has 0 radical (unpaired) electrons. The van der Waals surface area contributed by atoms with Crippen molar-refractivity contribution in [3.05, 3.63) is 52.3 Å². The lowest BCUT2D eigenvalue weighted by molar-refractivity contribution is -0.0129. The third-order valence-corrected chi connectivity index (χ3v) is 2.94. The van der Waals surface area contributed by atoms with Crippen LogP contribution in [0.1, 0.15) is 5.56 Å². The van der Waals surface area contributed by atoms with Crippen LogP contribution < -0.4 is 10.5 Å². The second-order valence-electron chi connectivity index (χ2n) is 3.24. The first-order valence-electron chi connectivity index (χ1n) is 4.84. The standard InChI is InChI=1S/C11H9FN2O2S/c12-16-10-6-9(15)13-11(14-10)17-7-8-4-2-1-3-5-8/h1-6H,7H2,(H,13,14,15). The predicted octanol–water partition coefficient (Wildman–Crippen LogP) is 2.33. The van der Waals surface area contributed by atoms with Gasteiger partial charge in [-0.15, -0.1) is 0 Å². The second kappa shape index (κ2) is 5.49. The molecule has 2 aromatic rings. The van der Waals surface area contributed by atoms with Crippen LogP contribution in [0.2, 0.25) is 0 Å². The summed E-state index contributed by atoms with van der Waals surface area (Å²) in [6.07, 6.45) is 0. The maximum Gasteiger partial charge on any atom is 0.270 e. The van der Waals surface area contributed by atoms with E-state index in [-0.39, 0.29) is 5.88 Å². The van der Waals surface area contributed by atoms with Crippen molar-refractivity contribution in [2.45, 2.75) is 10.9 Å². The number of H-pyrrole nitrogens is 1. The number of hydrogen-bond acceptors (Lipinski definition) is 4. The van der Waals surface area contributed by atoms with Crippen molar-refractivity contribution in [2.75, 3.05) is 0 Å². The van der Waals surface area contributed by atoms with E-state index < -0.39 is 5.56 Å². The molecule has 0 aliphatic heterocycles. The van der Waals surface area contributed by atoms with Crippen molar-refractivity contribution in [1.29, 1.82) is 0 Å². The second-order valence-corrected chi connectivity index (χ2v) is 4.20. The summed E-state index contributed by atoms with van der Waals surface area (Å²) in [6.45, 7) is 0. The van der Waals surface area contributed by atoms with E-state index in [1.165, 1.54) is 11.8 Å². The molecule has 1 aromatic carbocycles. The zero-order valence-corrected chi connectivity index (χ0v) is 9.54. The molecule has 17 heavy (non-hydrogen) atoms. The number of rotatable bonds is 4. The summed E-state index contributed by atoms with van der Waals surface area (Å²) < 4.78 is 11.9. The van der Waals surface area contributed by atoms with Crippen molar-refractivity contribution in [2.24, 2.45) is 0 Å². The highest BCUT2D eigenvalue weighted by Crippen LogP contribution is 2.19. The monoisotopic (exact) mass is 252 g/mol. The van der Waals surface area contributed by atoms with Crippen LogP contribution in [0.5, 0.6) is 5.88 Å². The molecule has 88 valence electrons. The van der Waals surface area contributed by atoms with Gasteiger partial charge >= 0.3 is 0 Å². The van der Waals surface area contributed by atoms with Crippen LogP contribution in [0.3, 0.4) is 0 Å². The number of halogens is 1. The minimum atomic E-state index is -0.441. The van der Waals surface area contributed by atoms with Gasteiger partial charge in [-0.25, -0.2) is 0 Å². The van der Waals surface area contributed by atoms with Gasteiger partial charge in [0.15, 0.2) is 5.16 Å². The summed E-state index contributed by atoms with van der Waals surface area (Å²) >= 11 is 1.30. The Kier molecular flexibility index (Phi) is 3.77. The zero-order chi connectivity index (χ0) is 12.1. The normalized spacial score (nSPS) is 10.2. The smallest absolute Gasteiger partial charge is 0.270 e. The van der Waals surface area contributed by atoms with Crippen molar-refractivity contribution < 1.29 is 9.47 Å². The number of nitrogens with zero attached hydrogens (tertiary/aromatic N) is 1. The molecule has 0 amide bonds. The molecule has 0 saturated carbocycles. The third kappa shape index (κ3) is 3.32. The Morgan fingerprint density at radius 3 is 2.82 bits per heavy atom. The fraction of sp³-hybridized carbons (Fsp3) is 0.0909. The Balaban J connectivity index is 2.09. The van der Waals surface area contributed by atoms with E-state index in [0.29, 0.717) is 10.9 Å². The predicted molar refractivity (Wildman–Crippen MR) is 62.6 cm³/mol. The number of nitrogens with one attached hydrogen (secondary N) is 1. The highest BCUT2D eigenvalue weighted by atomic mass is 32.2. The van der Waals surface area contributed by atoms with E-state index in [1.54, 1.807) is 0 Å². The Bertz CT molecular complexity index is 545. The number of hydrogen-bond donors (Lipinski definition) is 1. The molecule has 0 aliphatic rings. The Labute approximate surface area is 101 Å². The number of benzene rings is 1. The van der Waals surface area contributed by atoms with Gasteiger partial charge in [0.2, 0.25) is 0 Å². The van der Waals surface area contributed by atoms with E-state index in [0.717, 1.165) is 11.6 Å². The summed E-state index contributed by atoms with van der Waals surface area (Å²) in [5, 5.41) is 0.328. The van der Waals surface area contributed by atoms with Gasteiger partial charge < -0.3 is 4.98 Å². The molecule has 0 bridgehead atoms. The molecular weight excluding hydrogens is 243 g/mol. The Morgan fingerprint density at radius 2 is 2.12 bits per heavy atom. The van der Waals surface area contributed by atoms with Gasteiger partial charge in [0.05, 0.1) is 6.07 Å². The Hall–Kier alpha value is -1.82. The molecule has 0 unspecified atom stereocenters. The molecule has 0 atom stereocenters. The van der Waals surface area contributed by atoms with Crippen LogP contribution in [0.15, 0.2) is 46.3 Å². The van der Waals surface area contributed by atoms with Crippen molar-refractivity contribution in [3.8, 4) is 5.88 Å². The highest BCUT2D eigenvalue weighted by Gasteiger charge is 2.03. The fourth-order valence-electron chi connectivity index (χ4n) is 1.25. The largest absolute Gasteiger partial charge is 0.301 e. The summed E-state index contributed by atoms with van der Waals surface area (Å²) in [7, 11) is 0. The summed E-state index contributed by atoms with van der Waals surface area (Å²) in [5.74, 6) is 0.309. The number of aromatic amines is 1. The van der Waals surface area contributed by atoms with Crippen LogP contribution in [0.25, 0.3) is 0 Å². The first-order chi connectivity index (χ1) is 8.28. The Morgan fingerprint density at radius 1 is 1.35 bits per heavy atom. The lowest BCUT2D eigenvalue weighted by Gasteiger charge is -2.01. The average molecular weight is 252 g/mol. The fourth-order valence-corrected chi connectivity index (χ4v) is 2.07. The molecular formula is C11H9FN2O2S. The molecule has 1 heterocycles. The van der Waals surface area contributed by atoms with Gasteiger partial charge in [0.1, 0.15) is 0 Å². The molecule has 1 aromatic heterocycles. The van der Waals surface area contributed by atoms with Gasteiger partial charge in [-0.2, -0.15) is 4.98 Å². The van der Waals surface area contributed by atoms with Crippen molar-refractivity contribution in [1.82, 2.24) is 9.97 Å². The molecule has 0 fully saturated rings. The molecule has 0 aliphatic carbocycles. The quantitative estimate of drug-likeness (QED) is 0.670. The molecule has 2 rings (SSSR count). The van der Waals surface area contributed by atoms with Crippen LogP contribution >= 0.6 is 11.8 Å². The average Bonchev–Trinajstić information content (AvgIpc) is 2.37. The van der Waals surface area contributed by atoms with Gasteiger partial charge in [0.25, 0.3) is 11.4 Å². The van der Waals surface area contributed by atoms with E-state index in [1.807, 2.05) is 30.3 Å². The van der Waals surface area contributed by atoms with Gasteiger partial charge in [0, 0.05) is 10.3 Å². The highest BCUT2D eigenvalue weighted by molar-refractivity contribution is 7.98. The summed E-state index contributed by atoms with van der Waals surface area (Å²) in [5.41, 5.74) is 0.648. The first-order valence-corrected chi connectivity index (χ1v) is 5.83. The van der Waals surface area contributed by atoms with E-state index in [4.69, 9.17) is 0 Å². The van der Waals surface area contributed by atoms with Crippen LogP contribution in [0, 0.1) is 0 Å². The molecule has 0 saturated heterocycles.